The summed E-state index contributed by atoms with van der Waals surface area (Å²) < 4.78 is 0. The fourth-order valence-corrected chi connectivity index (χ4v) is 1.82. The highest BCUT2D eigenvalue weighted by molar-refractivity contribution is 5.87. The molecule has 88 valence electrons. The highest BCUT2D eigenvalue weighted by Crippen LogP contribution is 2.28. The van der Waals surface area contributed by atoms with E-state index in [4.69, 9.17) is 5.73 Å². The molecule has 0 spiro atoms. The van der Waals surface area contributed by atoms with Gasteiger partial charge in [0.1, 0.15) is 0 Å². The number of benzene rings is 1. The molecule has 0 aromatic heterocycles. The van der Waals surface area contributed by atoms with Gasteiger partial charge < -0.3 is 11.1 Å². The third-order valence-electron chi connectivity index (χ3n) is 2.60. The van der Waals surface area contributed by atoms with E-state index in [1.165, 1.54) is 11.1 Å². The molecule has 0 aliphatic rings. The average molecular weight is 220 g/mol. The zero-order valence-corrected chi connectivity index (χ0v) is 10.4. The summed E-state index contributed by atoms with van der Waals surface area (Å²) in [6.07, 6.45) is 0. The maximum absolute atomic E-state index is 10.8. The topological polar surface area (TPSA) is 55.1 Å². The van der Waals surface area contributed by atoms with Crippen LogP contribution in [0.1, 0.15) is 50.7 Å². The molecule has 0 saturated carbocycles. The van der Waals surface area contributed by atoms with Gasteiger partial charge in [0.2, 0.25) is 0 Å². The van der Waals surface area contributed by atoms with Crippen LogP contribution in [0.15, 0.2) is 18.2 Å². The average Bonchev–Trinajstić information content (AvgIpc) is 2.16. The van der Waals surface area contributed by atoms with Crippen LogP contribution in [0.4, 0.5) is 10.5 Å². The van der Waals surface area contributed by atoms with Crippen molar-refractivity contribution >= 4 is 11.7 Å². The Balaban J connectivity index is 3.12. The van der Waals surface area contributed by atoms with E-state index >= 15 is 0 Å². The highest BCUT2D eigenvalue weighted by Gasteiger charge is 2.11. The molecular weight excluding hydrogens is 200 g/mol. The van der Waals surface area contributed by atoms with E-state index < -0.39 is 6.03 Å². The molecule has 3 N–H and O–H groups in total. The standard InChI is InChI=1S/C13H20N2O/c1-8(2)11-6-5-10(15-13(14)16)7-12(11)9(3)4/h5-9H,1-4H3,(H3,14,15,16). The minimum Gasteiger partial charge on any atom is -0.351 e. The van der Waals surface area contributed by atoms with E-state index in [-0.39, 0.29) is 0 Å². The summed E-state index contributed by atoms with van der Waals surface area (Å²) in [5.41, 5.74) is 8.45. The number of primary amides is 1. The van der Waals surface area contributed by atoms with Gasteiger partial charge in [-0.2, -0.15) is 0 Å². The third kappa shape index (κ3) is 2.99. The molecule has 2 amide bonds. The lowest BCUT2D eigenvalue weighted by Gasteiger charge is -2.17. The molecule has 1 rings (SSSR count). The number of nitrogens with two attached hydrogens (primary N) is 1. The highest BCUT2D eigenvalue weighted by atomic mass is 16.2. The summed E-state index contributed by atoms with van der Waals surface area (Å²) in [4.78, 5) is 10.8. The van der Waals surface area contributed by atoms with Gasteiger partial charge in [0, 0.05) is 5.69 Å². The molecule has 0 bridgehead atoms. The number of rotatable bonds is 3. The van der Waals surface area contributed by atoms with Crippen molar-refractivity contribution in [3.63, 3.8) is 0 Å². The number of hydrogen-bond donors (Lipinski definition) is 2. The minimum absolute atomic E-state index is 0.437. The summed E-state index contributed by atoms with van der Waals surface area (Å²) in [5, 5.41) is 2.61. The maximum atomic E-state index is 10.8. The Morgan fingerprint density at radius 3 is 2.12 bits per heavy atom. The van der Waals surface area contributed by atoms with E-state index in [1.807, 2.05) is 12.1 Å². The van der Waals surface area contributed by atoms with Crippen LogP contribution in [0.5, 0.6) is 0 Å². The smallest absolute Gasteiger partial charge is 0.316 e. The number of amides is 2. The summed E-state index contributed by atoms with van der Waals surface area (Å²) >= 11 is 0. The van der Waals surface area contributed by atoms with Crippen LogP contribution in [0.3, 0.4) is 0 Å². The van der Waals surface area contributed by atoms with Crippen LogP contribution in [-0.2, 0) is 0 Å². The summed E-state index contributed by atoms with van der Waals surface area (Å²) in [7, 11) is 0. The lowest BCUT2D eigenvalue weighted by molar-refractivity contribution is 0.259. The van der Waals surface area contributed by atoms with Crippen molar-refractivity contribution in [1.29, 1.82) is 0 Å². The van der Waals surface area contributed by atoms with E-state index in [0.717, 1.165) is 5.69 Å². The quantitative estimate of drug-likeness (QED) is 0.805. The number of hydrogen-bond acceptors (Lipinski definition) is 1. The number of nitrogens with one attached hydrogen (secondary N) is 1. The predicted molar refractivity (Wildman–Crippen MR) is 67.8 cm³/mol. The van der Waals surface area contributed by atoms with Gasteiger partial charge in [-0.3, -0.25) is 0 Å². The normalized spacial score (nSPS) is 10.9. The van der Waals surface area contributed by atoms with Gasteiger partial charge in [-0.1, -0.05) is 33.8 Å². The van der Waals surface area contributed by atoms with E-state index in [2.05, 4.69) is 39.1 Å². The fraction of sp³-hybridized carbons (Fsp3) is 0.462. The number of anilines is 1. The molecule has 3 nitrogen and oxygen atoms in total. The molecule has 16 heavy (non-hydrogen) atoms. The Kier molecular flexibility index (Phi) is 3.93. The van der Waals surface area contributed by atoms with Gasteiger partial charge in [-0.05, 0) is 35.1 Å². The predicted octanol–water partition coefficient (Wildman–Crippen LogP) is 3.42. The van der Waals surface area contributed by atoms with Crippen molar-refractivity contribution in [2.24, 2.45) is 5.73 Å². The van der Waals surface area contributed by atoms with Gasteiger partial charge in [-0.15, -0.1) is 0 Å². The van der Waals surface area contributed by atoms with Crippen LogP contribution in [-0.4, -0.2) is 6.03 Å². The van der Waals surface area contributed by atoms with Crippen molar-refractivity contribution in [2.75, 3.05) is 5.32 Å². The molecule has 1 aromatic carbocycles. The Bertz CT molecular complexity index is 384. The Hall–Kier alpha value is -1.51. The lowest BCUT2D eigenvalue weighted by atomic mass is 9.90. The van der Waals surface area contributed by atoms with E-state index in [9.17, 15) is 4.79 Å². The number of urea groups is 1. The molecule has 1 aromatic rings. The molecule has 0 fully saturated rings. The zero-order valence-electron chi connectivity index (χ0n) is 10.4. The van der Waals surface area contributed by atoms with Gasteiger partial charge in [0.05, 0.1) is 0 Å². The molecule has 0 atom stereocenters. The number of carbonyl (C=O) groups is 1. The first kappa shape index (κ1) is 12.6. The molecule has 0 unspecified atom stereocenters. The second-order valence-corrected chi connectivity index (χ2v) is 4.64. The Morgan fingerprint density at radius 1 is 1.12 bits per heavy atom. The molecule has 0 radical (unpaired) electrons. The molecule has 0 aliphatic heterocycles. The van der Waals surface area contributed by atoms with Crippen LogP contribution in [0.25, 0.3) is 0 Å². The van der Waals surface area contributed by atoms with Gasteiger partial charge in [-0.25, -0.2) is 4.79 Å². The van der Waals surface area contributed by atoms with Crippen molar-refractivity contribution in [3.8, 4) is 0 Å². The Morgan fingerprint density at radius 2 is 1.69 bits per heavy atom. The fourth-order valence-electron chi connectivity index (χ4n) is 1.82. The van der Waals surface area contributed by atoms with Crippen molar-refractivity contribution in [3.05, 3.63) is 29.3 Å². The van der Waals surface area contributed by atoms with Gasteiger partial charge in [0.15, 0.2) is 0 Å². The van der Waals surface area contributed by atoms with Crippen LogP contribution in [0.2, 0.25) is 0 Å². The molecule has 0 saturated heterocycles. The third-order valence-corrected chi connectivity index (χ3v) is 2.60. The van der Waals surface area contributed by atoms with Gasteiger partial charge >= 0.3 is 6.03 Å². The van der Waals surface area contributed by atoms with E-state index in [1.54, 1.807) is 0 Å². The summed E-state index contributed by atoms with van der Waals surface area (Å²) in [5.74, 6) is 0.923. The molecular formula is C13H20N2O. The summed E-state index contributed by atoms with van der Waals surface area (Å²) in [6.45, 7) is 8.63. The van der Waals surface area contributed by atoms with Crippen molar-refractivity contribution in [1.82, 2.24) is 0 Å². The maximum Gasteiger partial charge on any atom is 0.316 e. The van der Waals surface area contributed by atoms with Crippen LogP contribution in [0, 0.1) is 0 Å². The number of carbonyl (C=O) groups excluding carboxylic acids is 1. The lowest BCUT2D eigenvalue weighted by Crippen LogP contribution is -2.19. The van der Waals surface area contributed by atoms with Crippen LogP contribution < -0.4 is 11.1 Å². The largest absolute Gasteiger partial charge is 0.351 e. The molecule has 3 heteroatoms. The van der Waals surface area contributed by atoms with Crippen LogP contribution >= 0.6 is 0 Å². The first-order valence-corrected chi connectivity index (χ1v) is 5.62. The SMILES string of the molecule is CC(C)c1ccc(NC(N)=O)cc1C(C)C. The molecule has 0 heterocycles. The second kappa shape index (κ2) is 5.01. The second-order valence-electron chi connectivity index (χ2n) is 4.64. The zero-order chi connectivity index (χ0) is 12.3. The Labute approximate surface area is 97.0 Å². The first-order valence-electron chi connectivity index (χ1n) is 5.62. The minimum atomic E-state index is -0.521. The summed E-state index contributed by atoms with van der Waals surface area (Å²) in [6, 6.07) is 5.44. The van der Waals surface area contributed by atoms with E-state index in [0.29, 0.717) is 11.8 Å². The first-order chi connectivity index (χ1) is 7.41. The van der Waals surface area contributed by atoms with Gasteiger partial charge in [0.25, 0.3) is 0 Å². The monoisotopic (exact) mass is 220 g/mol. The van der Waals surface area contributed by atoms with Crippen molar-refractivity contribution in [2.45, 2.75) is 39.5 Å². The molecule has 0 aliphatic carbocycles. The van der Waals surface area contributed by atoms with Crippen molar-refractivity contribution < 1.29 is 4.79 Å².